The summed E-state index contributed by atoms with van der Waals surface area (Å²) in [5.74, 6) is 0.626. The van der Waals surface area contributed by atoms with Crippen LogP contribution < -0.4 is 0 Å². The Bertz CT molecular complexity index is 650. The second kappa shape index (κ2) is 6.81. The lowest BCUT2D eigenvalue weighted by Crippen LogP contribution is -2.50. The lowest BCUT2D eigenvalue weighted by atomic mass is 10.0. The number of hydrogen-bond acceptors (Lipinski definition) is 2. The van der Waals surface area contributed by atoms with Crippen LogP contribution in [0.4, 0.5) is 0 Å². The van der Waals surface area contributed by atoms with Gasteiger partial charge >= 0.3 is 0 Å². The zero-order chi connectivity index (χ0) is 17.4. The van der Waals surface area contributed by atoms with Crippen LogP contribution in [0.1, 0.15) is 49.7 Å². The maximum Gasteiger partial charge on any atom is 0.245 e. The van der Waals surface area contributed by atoms with Gasteiger partial charge in [-0.25, -0.2) is 0 Å². The molecule has 0 unspecified atom stereocenters. The normalized spacial score (nSPS) is 26.3. The lowest BCUT2D eigenvalue weighted by Gasteiger charge is -2.31. The van der Waals surface area contributed by atoms with E-state index in [0.717, 1.165) is 58.0 Å². The number of carbonyl (C=O) groups excluding carboxylic acids is 2. The fourth-order valence-electron chi connectivity index (χ4n) is 4.38. The van der Waals surface area contributed by atoms with E-state index in [1.807, 2.05) is 4.90 Å². The van der Waals surface area contributed by atoms with Crippen molar-refractivity contribution < 1.29 is 9.59 Å². The van der Waals surface area contributed by atoms with Crippen molar-refractivity contribution >= 4 is 11.8 Å². The van der Waals surface area contributed by atoms with E-state index in [-0.39, 0.29) is 29.8 Å². The average molecular weight is 340 g/mol. The number of rotatable bonds is 4. The summed E-state index contributed by atoms with van der Waals surface area (Å²) in [7, 11) is 0. The fourth-order valence-corrected chi connectivity index (χ4v) is 4.38. The number of likely N-dealkylation sites (tertiary alicyclic amines) is 2. The topological polar surface area (TPSA) is 40.6 Å². The summed E-state index contributed by atoms with van der Waals surface area (Å²) >= 11 is 0. The van der Waals surface area contributed by atoms with E-state index in [9.17, 15) is 9.59 Å². The van der Waals surface area contributed by atoms with E-state index in [2.05, 4.69) is 36.1 Å². The second-order valence-corrected chi connectivity index (χ2v) is 7.98. The fraction of sp³-hybridized carbons (Fsp3) is 0.619. The van der Waals surface area contributed by atoms with Gasteiger partial charge in [0, 0.05) is 25.0 Å². The molecule has 0 spiro atoms. The zero-order valence-corrected chi connectivity index (χ0v) is 15.1. The van der Waals surface area contributed by atoms with E-state index in [1.54, 1.807) is 0 Å². The first-order valence-corrected chi connectivity index (χ1v) is 9.80. The van der Waals surface area contributed by atoms with Crippen LogP contribution in [0.5, 0.6) is 0 Å². The van der Waals surface area contributed by atoms with Gasteiger partial charge in [0.15, 0.2) is 0 Å². The molecule has 3 aliphatic rings. The molecule has 2 saturated heterocycles. The monoisotopic (exact) mass is 340 g/mol. The Labute approximate surface area is 150 Å². The SMILES string of the molecule is Cc1ccc(C[C@@H]2CCCN2C(=O)[C@@H]2CCCN2C(=O)C2CC2)cc1. The average Bonchev–Trinajstić information content (AvgIpc) is 3.17. The highest BCUT2D eigenvalue weighted by Crippen LogP contribution is 2.34. The summed E-state index contributed by atoms with van der Waals surface area (Å²) in [5, 5.41) is 0. The van der Waals surface area contributed by atoms with E-state index < -0.39 is 0 Å². The highest BCUT2D eigenvalue weighted by Gasteiger charge is 2.43. The standard InChI is InChI=1S/C21H28N2O2/c1-15-6-8-16(9-7-15)14-18-4-2-12-22(18)21(25)19-5-3-13-23(19)20(24)17-10-11-17/h6-9,17-19H,2-5,10-14H2,1H3/t18-,19-/m0/s1. The van der Waals surface area contributed by atoms with E-state index >= 15 is 0 Å². The maximum absolute atomic E-state index is 13.2. The number of amides is 2. The van der Waals surface area contributed by atoms with Gasteiger partial charge in [0.05, 0.1) is 0 Å². The molecule has 0 aromatic heterocycles. The number of hydrogen-bond donors (Lipinski definition) is 0. The van der Waals surface area contributed by atoms with E-state index in [4.69, 9.17) is 0 Å². The number of nitrogens with zero attached hydrogens (tertiary/aromatic N) is 2. The third kappa shape index (κ3) is 3.44. The van der Waals surface area contributed by atoms with Gasteiger partial charge in [0.25, 0.3) is 0 Å². The van der Waals surface area contributed by atoms with Crippen LogP contribution >= 0.6 is 0 Å². The van der Waals surface area contributed by atoms with Crippen LogP contribution in [0, 0.1) is 12.8 Å². The minimum atomic E-state index is -0.202. The molecule has 4 rings (SSSR count). The Balaban J connectivity index is 1.44. The Morgan fingerprint density at radius 1 is 0.920 bits per heavy atom. The number of carbonyl (C=O) groups is 2. The van der Waals surface area contributed by atoms with Crippen molar-refractivity contribution in [3.8, 4) is 0 Å². The first kappa shape index (κ1) is 16.6. The van der Waals surface area contributed by atoms with Crippen molar-refractivity contribution in [3.63, 3.8) is 0 Å². The summed E-state index contributed by atoms with van der Waals surface area (Å²) < 4.78 is 0. The van der Waals surface area contributed by atoms with Crippen molar-refractivity contribution in [2.45, 2.75) is 64.0 Å². The van der Waals surface area contributed by atoms with Crippen molar-refractivity contribution in [2.75, 3.05) is 13.1 Å². The molecule has 3 fully saturated rings. The molecule has 4 heteroatoms. The zero-order valence-electron chi connectivity index (χ0n) is 15.1. The molecular weight excluding hydrogens is 312 g/mol. The summed E-state index contributed by atoms with van der Waals surface area (Å²) in [6, 6.07) is 8.72. The van der Waals surface area contributed by atoms with Gasteiger partial charge in [0.1, 0.15) is 6.04 Å². The molecule has 1 aromatic carbocycles. The molecule has 0 radical (unpaired) electrons. The molecule has 0 N–H and O–H groups in total. The van der Waals surface area contributed by atoms with Gasteiger partial charge in [-0.15, -0.1) is 0 Å². The molecule has 1 saturated carbocycles. The van der Waals surface area contributed by atoms with Crippen molar-refractivity contribution in [1.29, 1.82) is 0 Å². The van der Waals surface area contributed by atoms with Crippen LogP contribution in [0.15, 0.2) is 24.3 Å². The minimum absolute atomic E-state index is 0.195. The van der Waals surface area contributed by atoms with Crippen LogP contribution in [-0.2, 0) is 16.0 Å². The van der Waals surface area contributed by atoms with Gasteiger partial charge in [-0.2, -0.15) is 0 Å². The molecule has 2 heterocycles. The predicted molar refractivity (Wildman–Crippen MR) is 97.1 cm³/mol. The van der Waals surface area contributed by atoms with Crippen LogP contribution in [0.2, 0.25) is 0 Å². The summed E-state index contributed by atoms with van der Waals surface area (Å²) in [4.78, 5) is 29.7. The molecule has 134 valence electrons. The van der Waals surface area contributed by atoms with E-state index in [1.165, 1.54) is 11.1 Å². The third-order valence-electron chi connectivity index (χ3n) is 6.00. The smallest absolute Gasteiger partial charge is 0.245 e. The highest BCUT2D eigenvalue weighted by molar-refractivity contribution is 5.90. The van der Waals surface area contributed by atoms with Gasteiger partial charge < -0.3 is 9.80 Å². The molecule has 2 aliphatic heterocycles. The molecule has 1 aliphatic carbocycles. The second-order valence-electron chi connectivity index (χ2n) is 7.98. The van der Waals surface area contributed by atoms with Gasteiger partial charge in [0.2, 0.25) is 11.8 Å². The Morgan fingerprint density at radius 3 is 2.32 bits per heavy atom. The van der Waals surface area contributed by atoms with E-state index in [0.29, 0.717) is 0 Å². The van der Waals surface area contributed by atoms with Crippen LogP contribution in [0.25, 0.3) is 0 Å². The Morgan fingerprint density at radius 2 is 1.60 bits per heavy atom. The quantitative estimate of drug-likeness (QED) is 0.845. The van der Waals surface area contributed by atoms with Crippen molar-refractivity contribution in [3.05, 3.63) is 35.4 Å². The molecular formula is C21H28N2O2. The maximum atomic E-state index is 13.2. The molecule has 0 bridgehead atoms. The lowest BCUT2D eigenvalue weighted by molar-refractivity contribution is -0.145. The van der Waals surface area contributed by atoms with Gasteiger partial charge in [-0.05, 0) is 57.4 Å². The molecule has 4 nitrogen and oxygen atoms in total. The molecule has 2 amide bonds. The molecule has 1 aromatic rings. The van der Waals surface area contributed by atoms with Crippen LogP contribution in [-0.4, -0.2) is 46.8 Å². The third-order valence-corrected chi connectivity index (χ3v) is 6.00. The number of benzene rings is 1. The predicted octanol–water partition coefficient (Wildman–Crippen LogP) is 2.93. The van der Waals surface area contributed by atoms with Gasteiger partial charge in [-0.1, -0.05) is 29.8 Å². The first-order chi connectivity index (χ1) is 12.1. The van der Waals surface area contributed by atoms with Crippen molar-refractivity contribution in [2.24, 2.45) is 5.92 Å². The largest absolute Gasteiger partial charge is 0.338 e. The Hall–Kier alpha value is -1.84. The Kier molecular flexibility index (Phi) is 4.53. The summed E-state index contributed by atoms with van der Waals surface area (Å²) in [6.07, 6.45) is 6.90. The first-order valence-electron chi connectivity index (χ1n) is 9.80. The summed E-state index contributed by atoms with van der Waals surface area (Å²) in [5.41, 5.74) is 2.57. The summed E-state index contributed by atoms with van der Waals surface area (Å²) in [6.45, 7) is 3.71. The molecule has 25 heavy (non-hydrogen) atoms. The van der Waals surface area contributed by atoms with Crippen LogP contribution in [0.3, 0.4) is 0 Å². The van der Waals surface area contributed by atoms with Gasteiger partial charge in [-0.3, -0.25) is 9.59 Å². The van der Waals surface area contributed by atoms with Crippen molar-refractivity contribution in [1.82, 2.24) is 9.80 Å². The molecule has 2 atom stereocenters. The number of aryl methyl sites for hydroxylation is 1. The minimum Gasteiger partial charge on any atom is -0.338 e. The highest BCUT2D eigenvalue weighted by atomic mass is 16.2.